The molecule has 1 heterocycles. The van der Waals surface area contributed by atoms with Crippen LogP contribution in [0.3, 0.4) is 0 Å². The molecule has 1 amide bonds. The number of benzene rings is 3. The van der Waals surface area contributed by atoms with Gasteiger partial charge in [-0.2, -0.15) is 0 Å². The molecule has 6 heteroatoms. The summed E-state index contributed by atoms with van der Waals surface area (Å²) in [6.45, 7) is 12.0. The Morgan fingerprint density at radius 2 is 1.46 bits per heavy atom. The highest BCUT2D eigenvalue weighted by Crippen LogP contribution is 2.33. The number of ether oxygens (including phenoxy) is 1. The van der Waals surface area contributed by atoms with Crippen LogP contribution in [0.4, 0.5) is 17.1 Å². The Bertz CT molecular complexity index is 1200. The van der Waals surface area contributed by atoms with Crippen LogP contribution in [0.15, 0.2) is 54.6 Å². The lowest BCUT2D eigenvalue weighted by Gasteiger charge is -2.39. The van der Waals surface area contributed by atoms with Crippen molar-refractivity contribution in [1.82, 2.24) is 4.90 Å². The molecule has 6 nitrogen and oxygen atoms in total. The Kier molecular flexibility index (Phi) is 7.96. The lowest BCUT2D eigenvalue weighted by atomic mass is 9.95. The van der Waals surface area contributed by atoms with E-state index >= 15 is 0 Å². The third-order valence-electron chi connectivity index (χ3n) is 7.95. The molecule has 4 rings (SSSR count). The summed E-state index contributed by atoms with van der Waals surface area (Å²) in [6.07, 6.45) is 1.88. The van der Waals surface area contributed by atoms with E-state index in [1.807, 2.05) is 75.2 Å². The fraction of sp³-hybridized carbons (Fsp3) is 0.387. The number of hydrogen-bond acceptors (Lipinski definition) is 5. The molecule has 196 valence electrons. The molecule has 0 spiro atoms. The number of nitrogen functional groups attached to an aromatic ring is 1. The Balaban J connectivity index is 1.33. The number of anilines is 3. The van der Waals surface area contributed by atoms with Crippen molar-refractivity contribution in [1.29, 1.82) is 0 Å². The van der Waals surface area contributed by atoms with Crippen molar-refractivity contribution in [2.24, 2.45) is 0 Å². The minimum atomic E-state index is -0.319. The van der Waals surface area contributed by atoms with Crippen molar-refractivity contribution in [2.75, 3.05) is 36.1 Å². The number of nitrogens with one attached hydrogen (secondary N) is 1. The smallest absolute Gasteiger partial charge is 0.244 e. The molecule has 37 heavy (non-hydrogen) atoms. The summed E-state index contributed by atoms with van der Waals surface area (Å²) in [6, 6.07) is 18.0. The molecule has 0 saturated carbocycles. The predicted molar refractivity (Wildman–Crippen MR) is 154 cm³/mol. The van der Waals surface area contributed by atoms with Gasteiger partial charge in [0.2, 0.25) is 5.91 Å². The summed E-state index contributed by atoms with van der Waals surface area (Å²) < 4.78 is 5.92. The van der Waals surface area contributed by atoms with Crippen LogP contribution in [0.5, 0.6) is 11.5 Å². The van der Waals surface area contributed by atoms with Crippen molar-refractivity contribution in [3.63, 3.8) is 0 Å². The standard InChI is InChI=1S/C31H40N4O2/c1-20-22(3)30(23(4)21(2)29(20)32)33-24(5)31(36)34(6)25-16-18-35(19-17-25)26-12-14-28(15-13-26)37-27-10-8-7-9-11-27/h7-15,24-25,33H,16-19,32H2,1-6H3. The lowest BCUT2D eigenvalue weighted by molar-refractivity contribution is -0.132. The first kappa shape index (κ1) is 26.4. The summed E-state index contributed by atoms with van der Waals surface area (Å²) in [5.41, 5.74) is 13.7. The maximum absolute atomic E-state index is 13.4. The molecule has 1 unspecified atom stereocenters. The van der Waals surface area contributed by atoms with Crippen molar-refractivity contribution in [3.8, 4) is 11.5 Å². The van der Waals surface area contributed by atoms with Crippen LogP contribution < -0.4 is 20.7 Å². The molecule has 0 aliphatic carbocycles. The summed E-state index contributed by atoms with van der Waals surface area (Å²) in [5.74, 6) is 1.78. The van der Waals surface area contributed by atoms with Gasteiger partial charge in [-0.25, -0.2) is 0 Å². The monoisotopic (exact) mass is 500 g/mol. The highest BCUT2D eigenvalue weighted by Gasteiger charge is 2.28. The van der Waals surface area contributed by atoms with Gasteiger partial charge in [-0.3, -0.25) is 4.79 Å². The highest BCUT2D eigenvalue weighted by atomic mass is 16.5. The van der Waals surface area contributed by atoms with E-state index in [1.165, 1.54) is 5.69 Å². The summed E-state index contributed by atoms with van der Waals surface area (Å²) in [5, 5.41) is 3.50. The maximum Gasteiger partial charge on any atom is 0.244 e. The number of nitrogens with two attached hydrogens (primary N) is 1. The van der Waals surface area contributed by atoms with Gasteiger partial charge in [0.15, 0.2) is 0 Å². The molecule has 0 radical (unpaired) electrons. The second-order valence-electron chi connectivity index (χ2n) is 10.2. The average Bonchev–Trinajstić information content (AvgIpc) is 2.93. The minimum absolute atomic E-state index is 0.117. The van der Waals surface area contributed by atoms with Gasteiger partial charge in [0.25, 0.3) is 0 Å². The SMILES string of the molecule is Cc1c(C)c(NC(C)C(=O)N(C)C2CCN(c3ccc(Oc4ccccc4)cc3)CC2)c(C)c(C)c1N. The van der Waals surface area contributed by atoms with Crippen molar-refractivity contribution in [2.45, 2.75) is 59.5 Å². The molecule has 1 fully saturated rings. The molecule has 3 aromatic carbocycles. The normalized spacial score (nSPS) is 14.8. The van der Waals surface area contributed by atoms with Crippen LogP contribution in [-0.2, 0) is 4.79 Å². The quantitative estimate of drug-likeness (QED) is 0.377. The number of carbonyl (C=O) groups is 1. The number of rotatable bonds is 7. The molecule has 0 bridgehead atoms. The minimum Gasteiger partial charge on any atom is -0.457 e. The number of hydrogen-bond donors (Lipinski definition) is 2. The number of likely N-dealkylation sites (N-methyl/N-ethyl adjacent to an activating group) is 1. The Hall–Kier alpha value is -3.67. The zero-order chi connectivity index (χ0) is 26.7. The maximum atomic E-state index is 13.4. The molecule has 3 N–H and O–H groups in total. The van der Waals surface area contributed by atoms with Crippen LogP contribution in [0, 0.1) is 27.7 Å². The van der Waals surface area contributed by atoms with Crippen molar-refractivity contribution < 1.29 is 9.53 Å². The van der Waals surface area contributed by atoms with Gasteiger partial charge in [0.05, 0.1) is 0 Å². The average molecular weight is 501 g/mol. The second kappa shape index (κ2) is 11.2. The molecule has 1 saturated heterocycles. The van der Waals surface area contributed by atoms with Gasteiger partial charge in [-0.15, -0.1) is 0 Å². The van der Waals surface area contributed by atoms with E-state index in [0.717, 1.165) is 71.1 Å². The first-order chi connectivity index (χ1) is 17.7. The fourth-order valence-electron chi connectivity index (χ4n) is 5.18. The first-order valence-corrected chi connectivity index (χ1v) is 13.1. The number of nitrogens with zero attached hydrogens (tertiary/aromatic N) is 2. The van der Waals surface area contributed by atoms with Crippen LogP contribution in [-0.4, -0.2) is 43.0 Å². The summed E-state index contributed by atoms with van der Waals surface area (Å²) >= 11 is 0. The molecule has 1 aliphatic rings. The molecule has 3 aromatic rings. The highest BCUT2D eigenvalue weighted by molar-refractivity contribution is 5.85. The second-order valence-corrected chi connectivity index (χ2v) is 10.2. The van der Waals surface area contributed by atoms with E-state index in [4.69, 9.17) is 10.5 Å². The van der Waals surface area contributed by atoms with E-state index < -0.39 is 0 Å². The Morgan fingerprint density at radius 3 is 2.03 bits per heavy atom. The third-order valence-corrected chi connectivity index (χ3v) is 7.95. The molecule has 0 aromatic heterocycles. The third kappa shape index (κ3) is 5.68. The van der Waals surface area contributed by atoms with E-state index in [2.05, 4.69) is 36.2 Å². The van der Waals surface area contributed by atoms with Crippen molar-refractivity contribution in [3.05, 3.63) is 76.9 Å². The number of amides is 1. The number of carbonyl (C=O) groups excluding carboxylic acids is 1. The summed E-state index contributed by atoms with van der Waals surface area (Å²) in [4.78, 5) is 17.7. The number of piperidine rings is 1. The first-order valence-electron chi connectivity index (χ1n) is 13.1. The predicted octanol–water partition coefficient (Wildman–Crippen LogP) is 6.22. The van der Waals surface area contributed by atoms with E-state index in [-0.39, 0.29) is 18.0 Å². The van der Waals surface area contributed by atoms with E-state index in [0.29, 0.717) is 0 Å². The van der Waals surface area contributed by atoms with Gasteiger partial charge < -0.3 is 25.6 Å². The van der Waals surface area contributed by atoms with Gasteiger partial charge in [-0.05, 0) is 106 Å². The Labute approximate surface area is 221 Å². The molecule has 1 aliphatic heterocycles. The fourth-order valence-corrected chi connectivity index (χ4v) is 5.18. The van der Waals surface area contributed by atoms with Crippen LogP contribution in [0.25, 0.3) is 0 Å². The lowest BCUT2D eigenvalue weighted by Crippen LogP contribution is -2.49. The van der Waals surface area contributed by atoms with E-state index in [9.17, 15) is 4.79 Å². The molecule has 1 atom stereocenters. The van der Waals surface area contributed by atoms with Gasteiger partial charge in [0, 0.05) is 43.2 Å². The largest absolute Gasteiger partial charge is 0.457 e. The zero-order valence-corrected chi connectivity index (χ0v) is 23.0. The van der Waals surface area contributed by atoms with Crippen LogP contribution in [0.1, 0.15) is 42.0 Å². The topological polar surface area (TPSA) is 70.8 Å². The van der Waals surface area contributed by atoms with Crippen molar-refractivity contribution >= 4 is 23.0 Å². The van der Waals surface area contributed by atoms with Gasteiger partial charge in [-0.1, -0.05) is 18.2 Å². The van der Waals surface area contributed by atoms with Crippen LogP contribution >= 0.6 is 0 Å². The van der Waals surface area contributed by atoms with Gasteiger partial charge >= 0.3 is 0 Å². The van der Waals surface area contributed by atoms with Gasteiger partial charge in [0.1, 0.15) is 17.5 Å². The number of para-hydroxylation sites is 1. The van der Waals surface area contributed by atoms with Crippen LogP contribution in [0.2, 0.25) is 0 Å². The molecular formula is C31H40N4O2. The Morgan fingerprint density at radius 1 is 0.919 bits per heavy atom. The molecular weight excluding hydrogens is 460 g/mol. The zero-order valence-electron chi connectivity index (χ0n) is 23.0. The summed E-state index contributed by atoms with van der Waals surface area (Å²) in [7, 11) is 1.94. The van der Waals surface area contributed by atoms with E-state index in [1.54, 1.807) is 0 Å².